The van der Waals surface area contributed by atoms with Gasteiger partial charge in [0.05, 0.1) is 12.6 Å². The molecule has 0 aromatic carbocycles. The summed E-state index contributed by atoms with van der Waals surface area (Å²) in [4.78, 5) is 8.85. The molecule has 2 rings (SSSR count). The second-order valence-corrected chi connectivity index (χ2v) is 9.31. The third kappa shape index (κ3) is 7.64. The molecule has 2 heterocycles. The lowest BCUT2D eigenvalue weighted by Crippen LogP contribution is -2.43. The number of likely N-dealkylation sites (tertiary alicyclic amines) is 1. The zero-order chi connectivity index (χ0) is 17.4. The normalized spacial score (nSPS) is 17.2. The Morgan fingerprint density at radius 1 is 1.36 bits per heavy atom. The number of nitrogens with zero attached hydrogens (tertiary/aromatic N) is 2. The van der Waals surface area contributed by atoms with Crippen LogP contribution in [0, 0.1) is 0 Å². The van der Waals surface area contributed by atoms with E-state index >= 15 is 0 Å². The van der Waals surface area contributed by atoms with Crippen molar-refractivity contribution in [3.05, 3.63) is 22.4 Å². The Hall–Kier alpha value is 0.01000. The maximum absolute atomic E-state index is 4.79. The number of rotatable bonds is 8. The Balaban J connectivity index is 0.00000312. The first kappa shape index (κ1) is 23.0. The van der Waals surface area contributed by atoms with Crippen LogP contribution >= 0.6 is 47.1 Å². The standard InChI is InChI=1S/C18H32N4S2.HI/c1-5-19-17(21-14-18(2,3)23-4)20-13-15(16-9-8-12-24-16)22-10-6-7-11-22;/h8-9,12,15H,5-7,10-11,13-14H2,1-4H3,(H2,19,20,21);1H. The van der Waals surface area contributed by atoms with E-state index in [0.29, 0.717) is 6.04 Å². The summed E-state index contributed by atoms with van der Waals surface area (Å²) < 4.78 is 0.171. The van der Waals surface area contributed by atoms with Crippen LogP contribution < -0.4 is 10.6 Å². The van der Waals surface area contributed by atoms with Gasteiger partial charge < -0.3 is 10.6 Å². The second-order valence-electron chi connectivity index (χ2n) is 6.81. The van der Waals surface area contributed by atoms with Gasteiger partial charge in [-0.15, -0.1) is 35.3 Å². The van der Waals surface area contributed by atoms with Crippen LogP contribution in [0.3, 0.4) is 0 Å². The minimum absolute atomic E-state index is 0. The molecule has 25 heavy (non-hydrogen) atoms. The molecule has 2 N–H and O–H groups in total. The molecule has 1 fully saturated rings. The number of hydrogen-bond acceptors (Lipinski definition) is 4. The van der Waals surface area contributed by atoms with Crippen molar-refractivity contribution in [1.29, 1.82) is 0 Å². The molecule has 0 spiro atoms. The number of aliphatic imine (C=N–C) groups is 1. The fraction of sp³-hybridized carbons (Fsp3) is 0.722. The smallest absolute Gasteiger partial charge is 0.191 e. The fourth-order valence-corrected chi connectivity index (χ4v) is 3.87. The van der Waals surface area contributed by atoms with Gasteiger partial charge in [0.15, 0.2) is 5.96 Å². The molecule has 1 aliphatic heterocycles. The Labute approximate surface area is 178 Å². The van der Waals surface area contributed by atoms with Crippen molar-refractivity contribution in [2.75, 3.05) is 39.0 Å². The minimum atomic E-state index is 0. The van der Waals surface area contributed by atoms with Crippen LogP contribution in [0.1, 0.15) is 44.5 Å². The number of guanidine groups is 1. The molecule has 0 aliphatic carbocycles. The molecule has 7 heteroatoms. The SMILES string of the molecule is CCNC(=NCC(C)(C)SC)NCC(c1cccs1)N1CCCC1.I. The van der Waals surface area contributed by atoms with Crippen molar-refractivity contribution < 1.29 is 0 Å². The van der Waals surface area contributed by atoms with E-state index in [1.54, 1.807) is 0 Å². The van der Waals surface area contributed by atoms with E-state index in [1.165, 1.54) is 30.8 Å². The fourth-order valence-electron chi connectivity index (χ4n) is 2.81. The molecule has 1 aliphatic rings. The van der Waals surface area contributed by atoms with Crippen LogP contribution in [0.2, 0.25) is 0 Å². The predicted molar refractivity (Wildman–Crippen MR) is 125 cm³/mol. The van der Waals surface area contributed by atoms with E-state index in [2.05, 4.69) is 60.1 Å². The zero-order valence-electron chi connectivity index (χ0n) is 15.9. The van der Waals surface area contributed by atoms with E-state index in [-0.39, 0.29) is 28.7 Å². The van der Waals surface area contributed by atoms with Crippen LogP contribution in [-0.4, -0.2) is 54.6 Å². The average molecular weight is 497 g/mol. The zero-order valence-corrected chi connectivity index (χ0v) is 19.8. The predicted octanol–water partition coefficient (Wildman–Crippen LogP) is 4.20. The average Bonchev–Trinajstić information content (AvgIpc) is 3.27. The maximum atomic E-state index is 4.79. The van der Waals surface area contributed by atoms with Gasteiger partial charge in [-0.05, 0) is 64.4 Å². The number of halogens is 1. The summed E-state index contributed by atoms with van der Waals surface area (Å²) in [5, 5.41) is 9.14. The molecule has 144 valence electrons. The van der Waals surface area contributed by atoms with Gasteiger partial charge >= 0.3 is 0 Å². The van der Waals surface area contributed by atoms with Gasteiger partial charge in [-0.25, -0.2) is 0 Å². The number of nitrogens with one attached hydrogen (secondary N) is 2. The number of thiophene rings is 1. The Bertz CT molecular complexity index is 499. The molecule has 0 bridgehead atoms. The van der Waals surface area contributed by atoms with E-state index < -0.39 is 0 Å². The van der Waals surface area contributed by atoms with Crippen molar-refractivity contribution in [1.82, 2.24) is 15.5 Å². The van der Waals surface area contributed by atoms with E-state index in [4.69, 9.17) is 4.99 Å². The lowest BCUT2D eigenvalue weighted by Gasteiger charge is -2.28. The first-order chi connectivity index (χ1) is 11.6. The summed E-state index contributed by atoms with van der Waals surface area (Å²) >= 11 is 3.72. The van der Waals surface area contributed by atoms with Gasteiger partial charge in [-0.1, -0.05) is 6.07 Å². The molecule has 0 radical (unpaired) electrons. The van der Waals surface area contributed by atoms with Gasteiger partial charge in [0.1, 0.15) is 0 Å². The van der Waals surface area contributed by atoms with E-state index in [0.717, 1.165) is 25.6 Å². The quantitative estimate of drug-likeness (QED) is 0.322. The van der Waals surface area contributed by atoms with Gasteiger partial charge in [0.25, 0.3) is 0 Å². The van der Waals surface area contributed by atoms with Crippen LogP contribution in [-0.2, 0) is 0 Å². The molecule has 1 unspecified atom stereocenters. The van der Waals surface area contributed by atoms with Crippen LogP contribution in [0.15, 0.2) is 22.5 Å². The highest BCUT2D eigenvalue weighted by molar-refractivity contribution is 14.0. The topological polar surface area (TPSA) is 39.7 Å². The molecular weight excluding hydrogens is 463 g/mol. The van der Waals surface area contributed by atoms with Crippen molar-refractivity contribution in [2.24, 2.45) is 4.99 Å². The molecule has 0 amide bonds. The van der Waals surface area contributed by atoms with E-state index in [1.807, 2.05) is 23.1 Å². The van der Waals surface area contributed by atoms with Crippen molar-refractivity contribution in [2.45, 2.75) is 44.4 Å². The highest BCUT2D eigenvalue weighted by atomic mass is 127. The Morgan fingerprint density at radius 3 is 2.64 bits per heavy atom. The molecule has 1 aromatic heterocycles. The molecule has 4 nitrogen and oxygen atoms in total. The van der Waals surface area contributed by atoms with Gasteiger partial charge in [-0.3, -0.25) is 9.89 Å². The summed E-state index contributed by atoms with van der Waals surface area (Å²) in [5.74, 6) is 0.931. The van der Waals surface area contributed by atoms with Crippen LogP contribution in [0.25, 0.3) is 0 Å². The largest absolute Gasteiger partial charge is 0.357 e. The summed E-state index contributed by atoms with van der Waals surface area (Å²) in [5.41, 5.74) is 0. The van der Waals surface area contributed by atoms with Crippen molar-refractivity contribution >= 4 is 53.0 Å². The summed E-state index contributed by atoms with van der Waals surface area (Å²) in [6, 6.07) is 4.87. The van der Waals surface area contributed by atoms with Gasteiger partial charge in [0.2, 0.25) is 0 Å². The van der Waals surface area contributed by atoms with Gasteiger partial charge in [0, 0.05) is 22.7 Å². The third-order valence-corrected chi connectivity index (χ3v) is 6.64. The third-order valence-electron chi connectivity index (χ3n) is 4.43. The Morgan fingerprint density at radius 2 is 2.08 bits per heavy atom. The first-order valence-electron chi connectivity index (χ1n) is 8.90. The number of hydrogen-bond donors (Lipinski definition) is 2. The minimum Gasteiger partial charge on any atom is -0.357 e. The molecule has 1 saturated heterocycles. The van der Waals surface area contributed by atoms with Crippen molar-refractivity contribution in [3.8, 4) is 0 Å². The molecule has 0 saturated carbocycles. The molecule has 1 atom stereocenters. The second kappa shape index (κ2) is 11.7. The summed E-state index contributed by atoms with van der Waals surface area (Å²) in [6.45, 7) is 11.6. The maximum Gasteiger partial charge on any atom is 0.191 e. The molecule has 1 aromatic rings. The highest BCUT2D eigenvalue weighted by Gasteiger charge is 2.24. The van der Waals surface area contributed by atoms with Gasteiger partial charge in [-0.2, -0.15) is 11.8 Å². The van der Waals surface area contributed by atoms with Crippen LogP contribution in [0.4, 0.5) is 0 Å². The monoisotopic (exact) mass is 496 g/mol. The summed E-state index contributed by atoms with van der Waals surface area (Å²) in [7, 11) is 0. The summed E-state index contributed by atoms with van der Waals surface area (Å²) in [6.07, 6.45) is 4.78. The number of thioether (sulfide) groups is 1. The molecular formula is C18H33IN4S2. The van der Waals surface area contributed by atoms with Crippen molar-refractivity contribution in [3.63, 3.8) is 0 Å². The van der Waals surface area contributed by atoms with Crippen LogP contribution in [0.5, 0.6) is 0 Å². The lowest BCUT2D eigenvalue weighted by molar-refractivity contribution is 0.249. The van der Waals surface area contributed by atoms with E-state index in [9.17, 15) is 0 Å². The Kier molecular flexibility index (Phi) is 10.8. The highest BCUT2D eigenvalue weighted by Crippen LogP contribution is 2.27. The lowest BCUT2D eigenvalue weighted by atomic mass is 10.2. The first-order valence-corrected chi connectivity index (χ1v) is 11.0.